The molecular weight excluding hydrogens is 537 g/mol. The van der Waals surface area contributed by atoms with Crippen LogP contribution in [0.3, 0.4) is 0 Å². The van der Waals surface area contributed by atoms with Crippen molar-refractivity contribution in [1.29, 1.82) is 0 Å². The Bertz CT molecular complexity index is 1140. The van der Waals surface area contributed by atoms with Gasteiger partial charge in [-0.05, 0) is 54.8 Å². The van der Waals surface area contributed by atoms with Crippen LogP contribution in [0, 0.1) is 10.1 Å². The summed E-state index contributed by atoms with van der Waals surface area (Å²) in [6.45, 7) is 25.9. The quantitative estimate of drug-likeness (QED) is 0.129. The third-order valence-corrected chi connectivity index (χ3v) is 19.1. The Kier molecular flexibility index (Phi) is 9.82. The molecule has 0 unspecified atom stereocenters. The molecule has 0 fully saturated rings. The molecule has 0 saturated heterocycles. The molecule has 1 aliphatic rings. The van der Waals surface area contributed by atoms with Crippen molar-refractivity contribution in [2.45, 2.75) is 107 Å². The van der Waals surface area contributed by atoms with Gasteiger partial charge in [-0.3, -0.25) is 10.1 Å². The number of nitro groups is 1. The van der Waals surface area contributed by atoms with Gasteiger partial charge in [0.05, 0.1) is 28.1 Å². The molecule has 8 nitrogen and oxygen atoms in total. The summed E-state index contributed by atoms with van der Waals surface area (Å²) in [5.41, 5.74) is -0.160. The van der Waals surface area contributed by atoms with Crippen molar-refractivity contribution < 1.29 is 22.2 Å². The molecule has 0 amide bonds. The standard InChI is InChI=1S/C27H46N2O6SSi2/c1-12-24(34-37(8,9)26(2,3)4)25(35-38(10,11)27(5,6)7)23-15-13-14-20-28(23)36(32,33)22-18-16-21(17-19-22)29(30)31/h12-13,15-19,23-25H,1,14,20H2,2-11H3/t23-,24-,25+/m1/s1. The third kappa shape index (κ3) is 7.11. The summed E-state index contributed by atoms with van der Waals surface area (Å²) in [5, 5.41) is 10.9. The van der Waals surface area contributed by atoms with E-state index < -0.39 is 49.8 Å². The lowest BCUT2D eigenvalue weighted by Crippen LogP contribution is -2.59. The van der Waals surface area contributed by atoms with Crippen LogP contribution in [-0.2, 0) is 18.9 Å². The molecule has 0 aliphatic carbocycles. The first kappa shape index (κ1) is 32.6. The smallest absolute Gasteiger partial charge is 0.269 e. The van der Waals surface area contributed by atoms with Crippen LogP contribution in [0.2, 0.25) is 36.3 Å². The maximum Gasteiger partial charge on any atom is 0.269 e. The summed E-state index contributed by atoms with van der Waals surface area (Å²) in [5.74, 6) is 0. The molecule has 1 aromatic rings. The minimum Gasteiger partial charge on any atom is -0.409 e. The van der Waals surface area contributed by atoms with Crippen LogP contribution in [0.4, 0.5) is 5.69 Å². The third-order valence-electron chi connectivity index (χ3n) is 8.20. The predicted octanol–water partition coefficient (Wildman–Crippen LogP) is 6.88. The molecule has 0 saturated carbocycles. The van der Waals surface area contributed by atoms with Crippen molar-refractivity contribution in [1.82, 2.24) is 4.31 Å². The topological polar surface area (TPSA) is 99.0 Å². The number of hydrogen-bond donors (Lipinski definition) is 0. The highest BCUT2D eigenvalue weighted by atomic mass is 32.2. The lowest BCUT2D eigenvalue weighted by molar-refractivity contribution is -0.384. The number of non-ortho nitro benzene ring substituents is 1. The highest BCUT2D eigenvalue weighted by Crippen LogP contribution is 2.42. The second-order valence-corrected chi connectivity index (χ2v) is 24.4. The van der Waals surface area contributed by atoms with Crippen LogP contribution in [-0.4, -0.2) is 59.1 Å². The van der Waals surface area contributed by atoms with Gasteiger partial charge >= 0.3 is 0 Å². The van der Waals surface area contributed by atoms with Gasteiger partial charge in [0.15, 0.2) is 16.6 Å². The summed E-state index contributed by atoms with van der Waals surface area (Å²) < 4.78 is 43.1. The van der Waals surface area contributed by atoms with Gasteiger partial charge < -0.3 is 8.85 Å². The molecule has 2 rings (SSSR count). The van der Waals surface area contributed by atoms with Crippen LogP contribution in [0.15, 0.2) is 54.0 Å². The minimum atomic E-state index is -3.99. The summed E-state index contributed by atoms with van der Waals surface area (Å²) in [7, 11) is -8.65. The maximum absolute atomic E-state index is 13.9. The number of benzene rings is 1. The van der Waals surface area contributed by atoms with Crippen molar-refractivity contribution in [3.63, 3.8) is 0 Å². The molecule has 214 valence electrons. The molecule has 1 aliphatic heterocycles. The van der Waals surface area contributed by atoms with E-state index in [2.05, 4.69) is 74.3 Å². The first-order valence-corrected chi connectivity index (χ1v) is 20.3. The zero-order valence-electron chi connectivity index (χ0n) is 24.6. The number of nitrogens with zero attached hydrogens (tertiary/aromatic N) is 2. The SMILES string of the molecule is C=C[C@@H](O[Si](C)(C)C(C)(C)C)[C@@H](O[Si](C)(C)C(C)(C)C)[C@H]1C=CCCN1S(=O)(=O)c1ccc([N+](=O)[O-])cc1. The first-order valence-electron chi connectivity index (χ1n) is 13.1. The zero-order chi connectivity index (χ0) is 29.3. The Labute approximate surface area is 231 Å². The van der Waals surface area contributed by atoms with E-state index in [1.54, 1.807) is 6.08 Å². The molecule has 0 bridgehead atoms. The number of rotatable bonds is 10. The van der Waals surface area contributed by atoms with Gasteiger partial charge in [0.2, 0.25) is 10.0 Å². The van der Waals surface area contributed by atoms with Crippen LogP contribution >= 0.6 is 0 Å². The first-order chi connectivity index (χ1) is 17.2. The maximum atomic E-state index is 13.9. The molecule has 0 spiro atoms. The van der Waals surface area contributed by atoms with Crippen LogP contribution in [0.5, 0.6) is 0 Å². The van der Waals surface area contributed by atoms with Gasteiger partial charge in [-0.25, -0.2) is 8.42 Å². The minimum absolute atomic E-state index is 0.00921. The molecule has 0 N–H and O–H groups in total. The van der Waals surface area contributed by atoms with Gasteiger partial charge in [0.25, 0.3) is 5.69 Å². The van der Waals surface area contributed by atoms with Gasteiger partial charge in [0.1, 0.15) is 0 Å². The van der Waals surface area contributed by atoms with E-state index in [-0.39, 0.29) is 27.2 Å². The van der Waals surface area contributed by atoms with E-state index in [0.717, 1.165) is 0 Å². The summed E-state index contributed by atoms with van der Waals surface area (Å²) in [6, 6.07) is 4.40. The highest BCUT2D eigenvalue weighted by Gasteiger charge is 2.48. The van der Waals surface area contributed by atoms with Crippen molar-refractivity contribution in [3.8, 4) is 0 Å². The normalized spacial score (nSPS) is 19.7. The highest BCUT2D eigenvalue weighted by molar-refractivity contribution is 7.89. The molecule has 11 heteroatoms. The van der Waals surface area contributed by atoms with Crippen LogP contribution < -0.4 is 0 Å². The van der Waals surface area contributed by atoms with E-state index >= 15 is 0 Å². The second kappa shape index (κ2) is 11.5. The summed E-state index contributed by atoms with van der Waals surface area (Å²) >= 11 is 0. The van der Waals surface area contributed by atoms with E-state index in [1.165, 1.54) is 28.6 Å². The number of sulfonamides is 1. The average molecular weight is 583 g/mol. The fourth-order valence-corrected chi connectivity index (χ4v) is 7.91. The molecule has 1 heterocycles. The van der Waals surface area contributed by atoms with Crippen LogP contribution in [0.25, 0.3) is 0 Å². The predicted molar refractivity (Wildman–Crippen MR) is 159 cm³/mol. The van der Waals surface area contributed by atoms with Crippen molar-refractivity contribution in [2.24, 2.45) is 0 Å². The Balaban J connectivity index is 2.63. The zero-order valence-corrected chi connectivity index (χ0v) is 27.5. The molecule has 0 radical (unpaired) electrons. The van der Waals surface area contributed by atoms with E-state index in [0.29, 0.717) is 6.42 Å². The van der Waals surface area contributed by atoms with E-state index in [4.69, 9.17) is 8.85 Å². The molecular formula is C27H46N2O6SSi2. The molecule has 3 atom stereocenters. The Hall–Kier alpha value is -1.64. The molecule has 38 heavy (non-hydrogen) atoms. The lowest BCUT2D eigenvalue weighted by Gasteiger charge is -2.48. The second-order valence-electron chi connectivity index (χ2n) is 13.0. The molecule has 0 aromatic heterocycles. The fraction of sp³-hybridized carbons (Fsp3) is 0.630. The number of nitro benzene ring substituents is 1. The Morgan fingerprint density at radius 2 is 1.53 bits per heavy atom. The van der Waals surface area contributed by atoms with Gasteiger partial charge in [-0.15, -0.1) is 6.58 Å². The van der Waals surface area contributed by atoms with E-state index in [1.807, 2.05) is 12.2 Å². The Morgan fingerprint density at radius 1 is 1.03 bits per heavy atom. The van der Waals surface area contributed by atoms with E-state index in [9.17, 15) is 18.5 Å². The van der Waals surface area contributed by atoms with Gasteiger partial charge in [-0.2, -0.15) is 4.31 Å². The molecule has 1 aromatic carbocycles. The Morgan fingerprint density at radius 3 is 1.97 bits per heavy atom. The largest absolute Gasteiger partial charge is 0.409 e. The van der Waals surface area contributed by atoms with Gasteiger partial charge in [0, 0.05) is 18.7 Å². The monoisotopic (exact) mass is 582 g/mol. The fourth-order valence-electron chi connectivity index (χ4n) is 3.73. The summed E-state index contributed by atoms with van der Waals surface area (Å²) in [4.78, 5) is 10.6. The number of hydrogen-bond acceptors (Lipinski definition) is 6. The summed E-state index contributed by atoms with van der Waals surface area (Å²) in [6.07, 6.45) is 5.03. The van der Waals surface area contributed by atoms with Gasteiger partial charge in [-0.1, -0.05) is 59.8 Å². The lowest BCUT2D eigenvalue weighted by atomic mass is 10.0. The van der Waals surface area contributed by atoms with Crippen molar-refractivity contribution in [3.05, 3.63) is 59.2 Å². The van der Waals surface area contributed by atoms with Crippen LogP contribution in [0.1, 0.15) is 48.0 Å². The van der Waals surface area contributed by atoms with Crippen molar-refractivity contribution in [2.75, 3.05) is 6.54 Å². The average Bonchev–Trinajstić information content (AvgIpc) is 2.79. The van der Waals surface area contributed by atoms with Crippen molar-refractivity contribution >= 4 is 32.3 Å².